The minimum Gasteiger partial charge on any atom is -0.493 e. The van der Waals surface area contributed by atoms with Crippen molar-refractivity contribution in [3.8, 4) is 0 Å². The molecule has 0 unspecified atom stereocenters. The second-order valence-corrected chi connectivity index (χ2v) is 7.02. The lowest BCUT2D eigenvalue weighted by Gasteiger charge is -2.36. The molecule has 0 saturated heterocycles. The van der Waals surface area contributed by atoms with E-state index in [2.05, 4.69) is 34.3 Å². The van der Waals surface area contributed by atoms with Gasteiger partial charge in [-0.3, -0.25) is 0 Å². The van der Waals surface area contributed by atoms with E-state index >= 15 is 0 Å². The van der Waals surface area contributed by atoms with Crippen LogP contribution in [0.3, 0.4) is 0 Å². The molecule has 0 aliphatic heterocycles. The van der Waals surface area contributed by atoms with Gasteiger partial charge in [0.25, 0.3) is 0 Å². The number of rotatable bonds is 17. The second-order valence-electron chi connectivity index (χ2n) is 7.02. The monoisotopic (exact) mass is 326 g/mol. The molecule has 0 aromatic heterocycles. The highest BCUT2D eigenvalue weighted by atomic mass is 16.5. The summed E-state index contributed by atoms with van der Waals surface area (Å²) in [4.78, 5) is 0. The fourth-order valence-electron chi connectivity index (χ4n) is 3.23. The van der Waals surface area contributed by atoms with Gasteiger partial charge in [-0.05, 0) is 27.2 Å². The predicted molar refractivity (Wildman–Crippen MR) is 104 cm³/mol. The zero-order chi connectivity index (χ0) is 17.4. The Hall–Kier alpha value is -0.500. The third kappa shape index (κ3) is 11.6. The molecule has 0 aromatic carbocycles. The quantitative estimate of drug-likeness (QED) is 0.173. The van der Waals surface area contributed by atoms with E-state index in [0.29, 0.717) is 0 Å². The molecule has 0 atom stereocenters. The summed E-state index contributed by atoms with van der Waals surface area (Å²) >= 11 is 0. The molecular formula is C21H44NO+. The first-order valence-corrected chi connectivity index (χ1v) is 10.3. The summed E-state index contributed by atoms with van der Waals surface area (Å²) < 4.78 is 6.96. The lowest BCUT2D eigenvalue weighted by atomic mass is 10.1. The molecule has 0 aliphatic carbocycles. The van der Waals surface area contributed by atoms with Gasteiger partial charge in [0.2, 0.25) is 0 Å². The lowest BCUT2D eigenvalue weighted by Crippen LogP contribution is -2.48. The van der Waals surface area contributed by atoms with Gasteiger partial charge >= 0.3 is 0 Å². The molecule has 2 heteroatoms. The van der Waals surface area contributed by atoms with Crippen LogP contribution in [-0.2, 0) is 4.74 Å². The van der Waals surface area contributed by atoms with Crippen LogP contribution in [-0.4, -0.2) is 37.3 Å². The summed E-state index contributed by atoms with van der Waals surface area (Å²) in [6, 6.07) is 0. The maximum atomic E-state index is 5.86. The van der Waals surface area contributed by atoms with Crippen molar-refractivity contribution >= 4 is 0 Å². The van der Waals surface area contributed by atoms with E-state index < -0.39 is 0 Å². The molecule has 0 spiro atoms. The summed E-state index contributed by atoms with van der Waals surface area (Å²) in [6.45, 7) is 18.5. The molecule has 0 radical (unpaired) electrons. The highest BCUT2D eigenvalue weighted by Crippen LogP contribution is 2.13. The van der Waals surface area contributed by atoms with Crippen molar-refractivity contribution in [2.24, 2.45) is 0 Å². The molecule has 0 rings (SSSR count). The molecule has 0 aromatic rings. The molecule has 0 N–H and O–H groups in total. The van der Waals surface area contributed by atoms with Crippen molar-refractivity contribution in [1.29, 1.82) is 0 Å². The summed E-state index contributed by atoms with van der Waals surface area (Å²) in [7, 11) is 0. The molecule has 0 aliphatic rings. The largest absolute Gasteiger partial charge is 0.493 e. The molecular weight excluding hydrogens is 282 g/mol. The van der Waals surface area contributed by atoms with Gasteiger partial charge in [-0.1, -0.05) is 71.3 Å². The first-order valence-electron chi connectivity index (χ1n) is 10.3. The maximum Gasteiger partial charge on any atom is 0.143 e. The van der Waals surface area contributed by atoms with Gasteiger partial charge in [-0.15, -0.1) is 0 Å². The molecule has 138 valence electrons. The molecule has 0 saturated carbocycles. The normalized spacial score (nSPS) is 11.7. The molecule has 0 amide bonds. The van der Waals surface area contributed by atoms with Crippen molar-refractivity contribution in [3.05, 3.63) is 12.3 Å². The molecule has 0 fully saturated rings. The maximum absolute atomic E-state index is 5.86. The average Bonchev–Trinajstić information content (AvgIpc) is 2.57. The molecule has 2 nitrogen and oxygen atoms in total. The van der Waals surface area contributed by atoms with Crippen molar-refractivity contribution < 1.29 is 9.22 Å². The molecule has 23 heavy (non-hydrogen) atoms. The van der Waals surface area contributed by atoms with Gasteiger partial charge in [0.1, 0.15) is 12.3 Å². The first kappa shape index (κ1) is 22.5. The standard InChI is InChI=1S/C21H44NO/c1-6-10-11-12-13-14-15-16-17-18-19-23-21(5)20-22(7-2,8-3)9-4/h5-20H2,1-4H3/q+1. The van der Waals surface area contributed by atoms with Crippen LogP contribution in [0.2, 0.25) is 0 Å². The van der Waals surface area contributed by atoms with E-state index in [1.807, 2.05) is 0 Å². The van der Waals surface area contributed by atoms with Crippen molar-refractivity contribution in [2.45, 2.75) is 91.9 Å². The predicted octanol–water partition coefficient (Wildman–Crippen LogP) is 6.31. The number of ether oxygens (including phenoxy) is 1. The molecule has 0 heterocycles. The van der Waals surface area contributed by atoms with Crippen LogP contribution in [0.15, 0.2) is 12.3 Å². The third-order valence-corrected chi connectivity index (χ3v) is 5.33. The summed E-state index contributed by atoms with van der Waals surface area (Å²) in [5.74, 6) is 0.978. The van der Waals surface area contributed by atoms with Gasteiger partial charge in [-0.2, -0.15) is 0 Å². The Morgan fingerprint density at radius 1 is 0.696 bits per heavy atom. The van der Waals surface area contributed by atoms with Crippen LogP contribution >= 0.6 is 0 Å². The van der Waals surface area contributed by atoms with Crippen LogP contribution in [0.25, 0.3) is 0 Å². The Labute approximate surface area is 146 Å². The van der Waals surface area contributed by atoms with E-state index in [4.69, 9.17) is 4.74 Å². The van der Waals surface area contributed by atoms with Gasteiger partial charge in [0.05, 0.1) is 26.2 Å². The van der Waals surface area contributed by atoms with E-state index in [1.54, 1.807) is 0 Å². The number of unbranched alkanes of at least 4 members (excludes halogenated alkanes) is 9. The van der Waals surface area contributed by atoms with E-state index in [9.17, 15) is 0 Å². The van der Waals surface area contributed by atoms with Crippen molar-refractivity contribution in [3.63, 3.8) is 0 Å². The second kappa shape index (κ2) is 15.1. The zero-order valence-electron chi connectivity index (χ0n) is 16.7. The number of hydrogen-bond acceptors (Lipinski definition) is 1. The fourth-order valence-corrected chi connectivity index (χ4v) is 3.23. The van der Waals surface area contributed by atoms with E-state index in [-0.39, 0.29) is 0 Å². The zero-order valence-corrected chi connectivity index (χ0v) is 16.7. The van der Waals surface area contributed by atoms with Crippen LogP contribution in [0.5, 0.6) is 0 Å². The number of hydrogen-bond donors (Lipinski definition) is 0. The highest BCUT2D eigenvalue weighted by Gasteiger charge is 2.22. The Kier molecular flexibility index (Phi) is 14.7. The van der Waals surface area contributed by atoms with Gasteiger partial charge < -0.3 is 9.22 Å². The lowest BCUT2D eigenvalue weighted by molar-refractivity contribution is -0.920. The van der Waals surface area contributed by atoms with Crippen LogP contribution in [0, 0.1) is 0 Å². The Balaban J connectivity index is 3.49. The van der Waals surface area contributed by atoms with E-state index in [1.165, 1.54) is 64.2 Å². The average molecular weight is 327 g/mol. The van der Waals surface area contributed by atoms with Crippen LogP contribution < -0.4 is 0 Å². The Bertz CT molecular complexity index is 263. The number of quaternary nitrogens is 1. The Morgan fingerprint density at radius 3 is 1.57 bits per heavy atom. The van der Waals surface area contributed by atoms with Gasteiger partial charge in [0, 0.05) is 0 Å². The summed E-state index contributed by atoms with van der Waals surface area (Å²) in [5, 5.41) is 0. The SMILES string of the molecule is C=C(C[N+](CC)(CC)CC)OCCCCCCCCCCCC. The minimum atomic E-state index is 0.854. The van der Waals surface area contributed by atoms with Gasteiger partial charge in [-0.25, -0.2) is 0 Å². The molecule has 0 bridgehead atoms. The van der Waals surface area contributed by atoms with E-state index in [0.717, 1.165) is 43.0 Å². The van der Waals surface area contributed by atoms with Crippen LogP contribution in [0.1, 0.15) is 91.9 Å². The first-order chi connectivity index (χ1) is 11.1. The third-order valence-electron chi connectivity index (χ3n) is 5.33. The van der Waals surface area contributed by atoms with Gasteiger partial charge in [0.15, 0.2) is 0 Å². The number of likely N-dealkylation sites (N-methyl/N-ethyl adjacent to an activating group) is 1. The number of nitrogens with zero attached hydrogens (tertiary/aromatic N) is 1. The minimum absolute atomic E-state index is 0.854. The Morgan fingerprint density at radius 2 is 1.13 bits per heavy atom. The van der Waals surface area contributed by atoms with Crippen LogP contribution in [0.4, 0.5) is 0 Å². The topological polar surface area (TPSA) is 9.23 Å². The highest BCUT2D eigenvalue weighted by molar-refractivity contribution is 4.82. The van der Waals surface area contributed by atoms with Crippen molar-refractivity contribution in [2.75, 3.05) is 32.8 Å². The summed E-state index contributed by atoms with van der Waals surface area (Å²) in [6.07, 6.45) is 13.7. The smallest absolute Gasteiger partial charge is 0.143 e. The van der Waals surface area contributed by atoms with Crippen molar-refractivity contribution in [1.82, 2.24) is 0 Å². The summed E-state index contributed by atoms with van der Waals surface area (Å²) in [5.41, 5.74) is 0. The fraction of sp³-hybridized carbons (Fsp3) is 0.905.